The largest absolute Gasteiger partial charge is 0.449 e. The standard InChI is InChI=1S/C34H47N6O7P/c1-22(2)40(23(3)4)48(46-17-11-16-35)47-21-32(33(43)38-26(18-36-24(5)41)19-37-25(6)42)39-34(44)45-20-31-29-14-9-7-12-27(29)28-13-8-10-15-30(28)31/h7-10,12-15,22-23,26,31-32H,11,17-21H2,1-6H3,(H,36,41)(H,37,42)(H,38,43)(H,39,44)/t32-,48?/m1/s1. The van der Waals surface area contributed by atoms with Crippen LogP contribution >= 0.6 is 8.53 Å². The summed E-state index contributed by atoms with van der Waals surface area (Å²) in [5.41, 5.74) is 4.26. The Bertz CT molecular complexity index is 1380. The lowest BCUT2D eigenvalue weighted by atomic mass is 9.98. The predicted molar refractivity (Wildman–Crippen MR) is 182 cm³/mol. The zero-order valence-electron chi connectivity index (χ0n) is 28.4. The van der Waals surface area contributed by atoms with Crippen molar-refractivity contribution in [3.63, 3.8) is 0 Å². The molecular weight excluding hydrogens is 635 g/mol. The monoisotopic (exact) mass is 682 g/mol. The minimum atomic E-state index is -1.73. The fourth-order valence-corrected chi connectivity index (χ4v) is 7.05. The fourth-order valence-electron chi connectivity index (χ4n) is 5.43. The van der Waals surface area contributed by atoms with Gasteiger partial charge >= 0.3 is 6.09 Å². The van der Waals surface area contributed by atoms with Crippen LogP contribution in [0.5, 0.6) is 0 Å². The molecule has 14 heteroatoms. The maximum absolute atomic E-state index is 13.7. The third kappa shape index (κ3) is 11.3. The molecule has 0 aromatic heterocycles. The van der Waals surface area contributed by atoms with Crippen LogP contribution in [0.1, 0.15) is 65.0 Å². The Morgan fingerprint density at radius 3 is 1.90 bits per heavy atom. The first kappa shape index (κ1) is 38.4. The number of fused-ring (bicyclic) bond motifs is 3. The normalized spacial score (nSPS) is 13.4. The van der Waals surface area contributed by atoms with Crippen molar-refractivity contribution in [1.29, 1.82) is 5.26 Å². The molecule has 0 spiro atoms. The maximum Gasteiger partial charge on any atom is 0.407 e. The van der Waals surface area contributed by atoms with Gasteiger partial charge in [-0.25, -0.2) is 9.46 Å². The van der Waals surface area contributed by atoms with Crippen molar-refractivity contribution in [3.8, 4) is 17.2 Å². The van der Waals surface area contributed by atoms with Crippen LogP contribution in [-0.4, -0.2) is 85.6 Å². The summed E-state index contributed by atoms with van der Waals surface area (Å²) in [6, 6.07) is 16.1. The Morgan fingerprint density at radius 2 is 1.40 bits per heavy atom. The molecule has 0 fully saturated rings. The molecule has 1 aliphatic rings. The van der Waals surface area contributed by atoms with Gasteiger partial charge in [0.15, 0.2) is 0 Å². The molecule has 1 aliphatic carbocycles. The topological polar surface area (TPSA) is 171 Å². The molecule has 0 aliphatic heterocycles. The highest BCUT2D eigenvalue weighted by atomic mass is 31.2. The van der Waals surface area contributed by atoms with Gasteiger partial charge < -0.3 is 35.1 Å². The molecule has 2 atom stereocenters. The molecule has 48 heavy (non-hydrogen) atoms. The van der Waals surface area contributed by atoms with Gasteiger partial charge in [0.05, 0.1) is 31.7 Å². The van der Waals surface area contributed by atoms with Crippen molar-refractivity contribution in [2.75, 3.05) is 32.9 Å². The van der Waals surface area contributed by atoms with Crippen molar-refractivity contribution < 1.29 is 33.0 Å². The third-order valence-electron chi connectivity index (χ3n) is 7.51. The molecule has 0 saturated heterocycles. The van der Waals surface area contributed by atoms with Crippen molar-refractivity contribution in [2.45, 2.75) is 78.0 Å². The number of carbonyl (C=O) groups excluding carboxylic acids is 4. The summed E-state index contributed by atoms with van der Waals surface area (Å²) in [6.07, 6.45) is -0.664. The van der Waals surface area contributed by atoms with Gasteiger partial charge in [-0.1, -0.05) is 48.5 Å². The highest BCUT2D eigenvalue weighted by Gasteiger charge is 2.33. The number of alkyl carbamates (subject to hydrolysis) is 1. The Kier molecular flexibility index (Phi) is 15.2. The first-order chi connectivity index (χ1) is 22.9. The van der Waals surface area contributed by atoms with Crippen LogP contribution in [0.4, 0.5) is 4.79 Å². The van der Waals surface area contributed by atoms with E-state index in [1.165, 1.54) is 13.8 Å². The minimum Gasteiger partial charge on any atom is -0.449 e. The van der Waals surface area contributed by atoms with Crippen LogP contribution in [0.3, 0.4) is 0 Å². The molecule has 0 bridgehead atoms. The molecule has 0 radical (unpaired) electrons. The first-order valence-corrected chi connectivity index (χ1v) is 17.2. The van der Waals surface area contributed by atoms with Crippen LogP contribution in [0.2, 0.25) is 0 Å². The van der Waals surface area contributed by atoms with Gasteiger partial charge in [0.2, 0.25) is 17.7 Å². The number of hydrogen-bond acceptors (Lipinski definition) is 9. The molecule has 0 heterocycles. The number of carbonyl (C=O) groups is 4. The van der Waals surface area contributed by atoms with E-state index in [0.29, 0.717) is 0 Å². The van der Waals surface area contributed by atoms with Crippen LogP contribution in [0, 0.1) is 11.3 Å². The summed E-state index contributed by atoms with van der Waals surface area (Å²) in [5.74, 6) is -1.41. The molecule has 4 amide bonds. The quantitative estimate of drug-likeness (QED) is 0.134. The number of benzene rings is 2. The number of hydrogen-bond donors (Lipinski definition) is 4. The number of rotatable bonds is 18. The Morgan fingerprint density at radius 1 is 0.854 bits per heavy atom. The van der Waals surface area contributed by atoms with Crippen LogP contribution in [0.15, 0.2) is 48.5 Å². The lowest BCUT2D eigenvalue weighted by Gasteiger charge is -2.36. The highest BCUT2D eigenvalue weighted by molar-refractivity contribution is 7.44. The minimum absolute atomic E-state index is 0.0141. The number of nitrogens with one attached hydrogen (secondary N) is 4. The van der Waals surface area contributed by atoms with E-state index in [2.05, 4.69) is 27.3 Å². The smallest absolute Gasteiger partial charge is 0.407 e. The number of nitriles is 1. The zero-order valence-corrected chi connectivity index (χ0v) is 29.3. The van der Waals surface area contributed by atoms with Crippen LogP contribution < -0.4 is 21.3 Å². The third-order valence-corrected chi connectivity index (χ3v) is 9.58. The van der Waals surface area contributed by atoms with E-state index in [0.717, 1.165) is 22.3 Å². The second kappa shape index (κ2) is 19.1. The lowest BCUT2D eigenvalue weighted by Crippen LogP contribution is -2.56. The summed E-state index contributed by atoms with van der Waals surface area (Å²) in [4.78, 5) is 50.2. The second-order valence-electron chi connectivity index (χ2n) is 11.9. The number of amides is 4. The first-order valence-electron chi connectivity index (χ1n) is 16.0. The van der Waals surface area contributed by atoms with Crippen molar-refractivity contribution >= 4 is 32.3 Å². The summed E-state index contributed by atoms with van der Waals surface area (Å²) in [6.45, 7) is 10.6. The summed E-state index contributed by atoms with van der Waals surface area (Å²) in [7, 11) is -1.73. The van der Waals surface area contributed by atoms with Crippen molar-refractivity contribution in [2.24, 2.45) is 0 Å². The van der Waals surface area contributed by atoms with E-state index < -0.39 is 32.6 Å². The van der Waals surface area contributed by atoms with Gasteiger partial charge in [0, 0.05) is 44.9 Å². The molecular formula is C34H47N6O7P. The van der Waals surface area contributed by atoms with Gasteiger partial charge in [-0.2, -0.15) is 5.26 Å². The predicted octanol–water partition coefficient (Wildman–Crippen LogP) is 3.94. The van der Waals surface area contributed by atoms with E-state index in [-0.39, 0.29) is 69.1 Å². The molecule has 260 valence electrons. The lowest BCUT2D eigenvalue weighted by molar-refractivity contribution is -0.125. The summed E-state index contributed by atoms with van der Waals surface area (Å²) >= 11 is 0. The van der Waals surface area contributed by atoms with E-state index in [1.807, 2.05) is 80.9 Å². The SMILES string of the molecule is CC(=O)NCC(CNC(C)=O)NC(=O)[C@@H](COP(OCCC#N)N(C(C)C)C(C)C)NC(=O)OCC1c2ccccc2-c2ccccc21. The van der Waals surface area contributed by atoms with Crippen LogP contribution in [-0.2, 0) is 28.2 Å². The van der Waals surface area contributed by atoms with Crippen molar-refractivity contribution in [3.05, 3.63) is 59.7 Å². The van der Waals surface area contributed by atoms with Gasteiger partial charge in [0.1, 0.15) is 12.6 Å². The molecule has 13 nitrogen and oxygen atoms in total. The van der Waals surface area contributed by atoms with Gasteiger partial charge in [-0.15, -0.1) is 0 Å². The van der Waals surface area contributed by atoms with E-state index in [4.69, 9.17) is 19.0 Å². The fraction of sp³-hybridized carbons (Fsp3) is 0.500. The van der Waals surface area contributed by atoms with Gasteiger partial charge in [0.25, 0.3) is 8.53 Å². The second-order valence-corrected chi connectivity index (χ2v) is 13.4. The van der Waals surface area contributed by atoms with E-state index in [9.17, 15) is 19.2 Å². The average Bonchev–Trinajstić information content (AvgIpc) is 3.36. The number of ether oxygens (including phenoxy) is 1. The van der Waals surface area contributed by atoms with Gasteiger partial charge in [-0.05, 0) is 49.9 Å². The Labute approximate surface area is 284 Å². The van der Waals surface area contributed by atoms with E-state index >= 15 is 0 Å². The molecule has 0 saturated carbocycles. The van der Waals surface area contributed by atoms with Crippen molar-refractivity contribution in [1.82, 2.24) is 25.9 Å². The Balaban J connectivity index is 1.80. The number of nitrogens with zero attached hydrogens (tertiary/aromatic N) is 2. The molecule has 4 N–H and O–H groups in total. The van der Waals surface area contributed by atoms with Gasteiger partial charge in [-0.3, -0.25) is 14.4 Å². The summed E-state index contributed by atoms with van der Waals surface area (Å²) < 4.78 is 19.9. The van der Waals surface area contributed by atoms with E-state index in [1.54, 1.807) is 0 Å². The molecule has 1 unspecified atom stereocenters. The average molecular weight is 683 g/mol. The molecule has 3 rings (SSSR count). The highest BCUT2D eigenvalue weighted by Crippen LogP contribution is 2.46. The maximum atomic E-state index is 13.7. The Hall–Kier alpha value is -4.08. The summed E-state index contributed by atoms with van der Waals surface area (Å²) in [5, 5.41) is 19.8. The zero-order chi connectivity index (χ0) is 35.2. The molecule has 2 aromatic carbocycles. The van der Waals surface area contributed by atoms with Crippen LogP contribution in [0.25, 0.3) is 11.1 Å². The molecule has 2 aromatic rings.